The molecular formula is C15H22N2O3. The van der Waals surface area contributed by atoms with Crippen molar-refractivity contribution < 1.29 is 14.6 Å². The Morgan fingerprint density at radius 3 is 3.10 bits per heavy atom. The zero-order valence-electron chi connectivity index (χ0n) is 12.0. The number of ether oxygens (including phenoxy) is 1. The van der Waals surface area contributed by atoms with Gasteiger partial charge in [0, 0.05) is 12.1 Å². The lowest BCUT2D eigenvalue weighted by molar-refractivity contribution is 0.0985. The molecule has 1 aromatic carbocycles. The lowest BCUT2D eigenvalue weighted by Gasteiger charge is -2.26. The molecule has 0 saturated heterocycles. The second kappa shape index (κ2) is 6.72. The Kier molecular flexibility index (Phi) is 4.98. The SMILES string of the molecule is CCC1CNc2cc(C(=O)CNCC(C)O)ccc2O1. The Bertz CT molecular complexity index is 474. The molecule has 0 fully saturated rings. The van der Waals surface area contributed by atoms with Crippen LogP contribution in [0.2, 0.25) is 0 Å². The first-order valence-corrected chi connectivity index (χ1v) is 7.06. The lowest BCUT2D eigenvalue weighted by atomic mass is 10.1. The molecule has 1 aliphatic heterocycles. The number of hydrogen-bond acceptors (Lipinski definition) is 5. The van der Waals surface area contributed by atoms with Gasteiger partial charge in [-0.15, -0.1) is 0 Å². The number of aliphatic hydroxyl groups excluding tert-OH is 1. The highest BCUT2D eigenvalue weighted by Gasteiger charge is 2.19. The van der Waals surface area contributed by atoms with Crippen LogP contribution in [0.1, 0.15) is 30.6 Å². The molecule has 110 valence electrons. The van der Waals surface area contributed by atoms with Crippen LogP contribution in [0.5, 0.6) is 5.75 Å². The zero-order valence-corrected chi connectivity index (χ0v) is 12.0. The number of aliphatic hydroxyl groups is 1. The number of carbonyl (C=O) groups is 1. The van der Waals surface area contributed by atoms with Crippen molar-refractivity contribution in [1.29, 1.82) is 0 Å². The summed E-state index contributed by atoms with van der Waals surface area (Å²) in [5, 5.41) is 15.4. The standard InChI is InChI=1S/C15H22N2O3/c1-3-12-8-17-13-6-11(4-5-15(13)20-12)14(19)9-16-7-10(2)18/h4-6,10,12,16-18H,3,7-9H2,1-2H3. The summed E-state index contributed by atoms with van der Waals surface area (Å²) in [4.78, 5) is 12.0. The van der Waals surface area contributed by atoms with Gasteiger partial charge in [0.15, 0.2) is 5.78 Å². The second-order valence-corrected chi connectivity index (χ2v) is 5.14. The van der Waals surface area contributed by atoms with Crippen molar-refractivity contribution in [2.45, 2.75) is 32.5 Å². The highest BCUT2D eigenvalue weighted by Crippen LogP contribution is 2.30. The minimum Gasteiger partial charge on any atom is -0.486 e. The average Bonchev–Trinajstić information content (AvgIpc) is 2.45. The summed E-state index contributed by atoms with van der Waals surface area (Å²) in [6, 6.07) is 5.45. The summed E-state index contributed by atoms with van der Waals surface area (Å²) >= 11 is 0. The summed E-state index contributed by atoms with van der Waals surface area (Å²) in [7, 11) is 0. The maximum Gasteiger partial charge on any atom is 0.176 e. The Labute approximate surface area is 119 Å². The van der Waals surface area contributed by atoms with Crippen LogP contribution in [0.4, 0.5) is 5.69 Å². The normalized spacial score (nSPS) is 18.6. The van der Waals surface area contributed by atoms with E-state index in [4.69, 9.17) is 9.84 Å². The molecule has 2 atom stereocenters. The Morgan fingerprint density at radius 2 is 2.40 bits per heavy atom. The highest BCUT2D eigenvalue weighted by molar-refractivity contribution is 5.98. The molecule has 2 unspecified atom stereocenters. The summed E-state index contributed by atoms with van der Waals surface area (Å²) in [5.41, 5.74) is 1.52. The molecule has 0 bridgehead atoms. The minimum absolute atomic E-state index is 0.00728. The second-order valence-electron chi connectivity index (χ2n) is 5.14. The number of anilines is 1. The van der Waals surface area contributed by atoms with Crippen molar-refractivity contribution in [1.82, 2.24) is 5.32 Å². The Hall–Kier alpha value is -1.59. The molecule has 0 aliphatic carbocycles. The number of nitrogens with one attached hydrogen (secondary N) is 2. The van der Waals surface area contributed by atoms with Crippen LogP contribution in [0.15, 0.2) is 18.2 Å². The molecule has 20 heavy (non-hydrogen) atoms. The third-order valence-corrected chi connectivity index (χ3v) is 3.30. The van der Waals surface area contributed by atoms with Gasteiger partial charge in [0.25, 0.3) is 0 Å². The topological polar surface area (TPSA) is 70.6 Å². The molecule has 0 saturated carbocycles. The highest BCUT2D eigenvalue weighted by atomic mass is 16.5. The molecule has 2 rings (SSSR count). The van der Waals surface area contributed by atoms with Crippen molar-refractivity contribution in [3.8, 4) is 5.75 Å². The van der Waals surface area contributed by atoms with E-state index in [0.717, 1.165) is 24.4 Å². The van der Waals surface area contributed by atoms with Crippen LogP contribution in [0, 0.1) is 0 Å². The summed E-state index contributed by atoms with van der Waals surface area (Å²) < 4.78 is 5.81. The van der Waals surface area contributed by atoms with Crippen LogP contribution < -0.4 is 15.4 Å². The van der Waals surface area contributed by atoms with E-state index in [1.54, 1.807) is 13.0 Å². The number of fused-ring (bicyclic) bond motifs is 1. The third kappa shape index (κ3) is 3.71. The number of carbonyl (C=O) groups excluding carboxylic acids is 1. The van der Waals surface area contributed by atoms with Gasteiger partial charge in [-0.1, -0.05) is 6.92 Å². The fourth-order valence-corrected chi connectivity index (χ4v) is 2.11. The monoisotopic (exact) mass is 278 g/mol. The maximum absolute atomic E-state index is 12.0. The van der Waals surface area contributed by atoms with E-state index in [1.807, 2.05) is 12.1 Å². The molecule has 1 aromatic rings. The number of rotatable bonds is 6. The molecule has 1 aliphatic rings. The predicted octanol–water partition coefficient (Wildman–Crippen LogP) is 1.42. The smallest absolute Gasteiger partial charge is 0.176 e. The van der Waals surface area contributed by atoms with Crippen molar-refractivity contribution in [2.75, 3.05) is 25.0 Å². The van der Waals surface area contributed by atoms with E-state index in [-0.39, 0.29) is 18.4 Å². The molecule has 0 amide bonds. The zero-order chi connectivity index (χ0) is 14.5. The van der Waals surface area contributed by atoms with Crippen molar-refractivity contribution >= 4 is 11.5 Å². The van der Waals surface area contributed by atoms with Crippen LogP contribution in [-0.2, 0) is 0 Å². The molecule has 5 heteroatoms. The molecule has 0 radical (unpaired) electrons. The molecule has 1 heterocycles. The van der Waals surface area contributed by atoms with E-state index >= 15 is 0 Å². The first kappa shape index (κ1) is 14.8. The fraction of sp³-hybridized carbons (Fsp3) is 0.533. The van der Waals surface area contributed by atoms with Gasteiger partial charge in [0.1, 0.15) is 11.9 Å². The average molecular weight is 278 g/mol. The number of ketones is 1. The molecule has 0 aromatic heterocycles. The Morgan fingerprint density at radius 1 is 1.60 bits per heavy atom. The fourth-order valence-electron chi connectivity index (χ4n) is 2.11. The molecule has 5 nitrogen and oxygen atoms in total. The van der Waals surface area contributed by atoms with E-state index in [1.165, 1.54) is 0 Å². The summed E-state index contributed by atoms with van der Waals surface area (Å²) in [6.07, 6.45) is 0.695. The molecular weight excluding hydrogens is 256 g/mol. The van der Waals surface area contributed by atoms with Gasteiger partial charge in [-0.05, 0) is 31.5 Å². The van der Waals surface area contributed by atoms with Gasteiger partial charge < -0.3 is 20.5 Å². The van der Waals surface area contributed by atoms with Crippen LogP contribution >= 0.6 is 0 Å². The summed E-state index contributed by atoms with van der Waals surface area (Å²) in [5.74, 6) is 0.810. The van der Waals surface area contributed by atoms with Gasteiger partial charge in [-0.2, -0.15) is 0 Å². The summed E-state index contributed by atoms with van der Waals surface area (Å²) in [6.45, 7) is 5.17. The predicted molar refractivity (Wildman–Crippen MR) is 78.5 cm³/mol. The van der Waals surface area contributed by atoms with Crippen LogP contribution in [0.25, 0.3) is 0 Å². The third-order valence-electron chi connectivity index (χ3n) is 3.30. The van der Waals surface area contributed by atoms with Gasteiger partial charge in [0.05, 0.1) is 24.9 Å². The quantitative estimate of drug-likeness (QED) is 0.687. The van der Waals surface area contributed by atoms with Crippen LogP contribution in [-0.4, -0.2) is 42.7 Å². The molecule has 3 N–H and O–H groups in total. The van der Waals surface area contributed by atoms with Gasteiger partial charge in [0.2, 0.25) is 0 Å². The maximum atomic E-state index is 12.0. The van der Waals surface area contributed by atoms with Gasteiger partial charge in [-0.3, -0.25) is 4.79 Å². The van der Waals surface area contributed by atoms with E-state index in [9.17, 15) is 4.79 Å². The van der Waals surface area contributed by atoms with Gasteiger partial charge in [-0.25, -0.2) is 0 Å². The number of Topliss-reactive ketones (excluding diaryl/α,β-unsaturated/α-hetero) is 1. The van der Waals surface area contributed by atoms with E-state index in [0.29, 0.717) is 12.1 Å². The van der Waals surface area contributed by atoms with Crippen molar-refractivity contribution in [3.63, 3.8) is 0 Å². The van der Waals surface area contributed by atoms with E-state index in [2.05, 4.69) is 17.6 Å². The number of hydrogen-bond donors (Lipinski definition) is 3. The van der Waals surface area contributed by atoms with Crippen molar-refractivity contribution in [2.24, 2.45) is 0 Å². The van der Waals surface area contributed by atoms with Gasteiger partial charge >= 0.3 is 0 Å². The van der Waals surface area contributed by atoms with Crippen molar-refractivity contribution in [3.05, 3.63) is 23.8 Å². The first-order valence-electron chi connectivity index (χ1n) is 7.06. The number of benzene rings is 1. The molecule has 0 spiro atoms. The lowest BCUT2D eigenvalue weighted by Crippen LogP contribution is -2.31. The first-order chi connectivity index (χ1) is 9.60. The minimum atomic E-state index is -0.452. The largest absolute Gasteiger partial charge is 0.486 e. The Balaban J connectivity index is 1.99. The van der Waals surface area contributed by atoms with E-state index < -0.39 is 6.10 Å². The van der Waals surface area contributed by atoms with Crippen LogP contribution in [0.3, 0.4) is 0 Å².